The summed E-state index contributed by atoms with van der Waals surface area (Å²) in [7, 11) is 0. The van der Waals surface area contributed by atoms with Gasteiger partial charge in [-0.1, -0.05) is 49.1 Å². The molecule has 1 aromatic rings. The van der Waals surface area contributed by atoms with Gasteiger partial charge in [0.25, 0.3) is 0 Å². The Balaban J connectivity index is 2.66. The summed E-state index contributed by atoms with van der Waals surface area (Å²) in [5, 5.41) is 0. The Morgan fingerprint density at radius 1 is 1.31 bits per heavy atom. The third kappa shape index (κ3) is 3.77. The SMILES string of the molecule is C=CN(/C=C\C)/C(C)=C/Cc1ccccc1. The number of hydrogen-bond donors (Lipinski definition) is 0. The summed E-state index contributed by atoms with van der Waals surface area (Å²) in [4.78, 5) is 2.02. The zero-order valence-corrected chi connectivity index (χ0v) is 10.1. The largest absolute Gasteiger partial charge is 0.329 e. The molecule has 1 aromatic carbocycles. The lowest BCUT2D eigenvalue weighted by molar-refractivity contribution is 0.627. The molecule has 0 saturated carbocycles. The van der Waals surface area contributed by atoms with Crippen LogP contribution in [0.3, 0.4) is 0 Å². The average Bonchev–Trinajstić information content (AvgIpc) is 2.34. The second-order valence-electron chi connectivity index (χ2n) is 3.61. The van der Waals surface area contributed by atoms with Crippen molar-refractivity contribution in [3.63, 3.8) is 0 Å². The molecule has 1 rings (SSSR count). The molecule has 0 fully saturated rings. The Morgan fingerprint density at radius 3 is 2.56 bits per heavy atom. The molecule has 0 unspecified atom stereocenters. The molecule has 0 saturated heterocycles. The number of rotatable bonds is 5. The van der Waals surface area contributed by atoms with Gasteiger partial charge in [-0.15, -0.1) is 0 Å². The molecule has 84 valence electrons. The maximum Gasteiger partial charge on any atom is 0.0152 e. The quantitative estimate of drug-likeness (QED) is 0.711. The van der Waals surface area contributed by atoms with Crippen LogP contribution in [0.15, 0.2) is 67.2 Å². The van der Waals surface area contributed by atoms with Crippen LogP contribution in [0.4, 0.5) is 0 Å². The highest BCUT2D eigenvalue weighted by Gasteiger charge is 1.95. The van der Waals surface area contributed by atoms with E-state index < -0.39 is 0 Å². The van der Waals surface area contributed by atoms with E-state index in [1.807, 2.05) is 36.4 Å². The van der Waals surface area contributed by atoms with Gasteiger partial charge in [0.05, 0.1) is 0 Å². The van der Waals surface area contributed by atoms with Crippen molar-refractivity contribution in [2.45, 2.75) is 20.3 Å². The van der Waals surface area contributed by atoms with Crippen molar-refractivity contribution in [3.05, 3.63) is 72.7 Å². The van der Waals surface area contributed by atoms with E-state index in [4.69, 9.17) is 0 Å². The molecular weight excluding hydrogens is 194 g/mol. The average molecular weight is 213 g/mol. The van der Waals surface area contributed by atoms with Gasteiger partial charge in [0, 0.05) is 18.1 Å². The number of nitrogens with zero attached hydrogens (tertiary/aromatic N) is 1. The molecule has 0 aliphatic heterocycles. The molecule has 1 nitrogen and oxygen atoms in total. The fraction of sp³-hybridized carbons (Fsp3) is 0.200. The standard InChI is InChI=1S/C15H19N/c1-4-13-16(5-2)14(3)11-12-15-9-7-6-8-10-15/h4-11,13H,2,12H2,1,3H3/b13-4-,14-11+. The minimum atomic E-state index is 0.953. The van der Waals surface area contributed by atoms with Crippen molar-refractivity contribution in [2.24, 2.45) is 0 Å². The predicted octanol–water partition coefficient (Wildman–Crippen LogP) is 4.11. The van der Waals surface area contributed by atoms with E-state index in [2.05, 4.69) is 43.8 Å². The summed E-state index contributed by atoms with van der Waals surface area (Å²) in [5.74, 6) is 0. The topological polar surface area (TPSA) is 3.24 Å². The van der Waals surface area contributed by atoms with E-state index in [0.29, 0.717) is 0 Å². The summed E-state index contributed by atoms with van der Waals surface area (Å²) in [6.07, 6.45) is 8.98. The van der Waals surface area contributed by atoms with Crippen LogP contribution in [0.2, 0.25) is 0 Å². The summed E-state index contributed by atoms with van der Waals surface area (Å²) in [5.41, 5.74) is 2.52. The van der Waals surface area contributed by atoms with Crippen LogP contribution in [-0.2, 0) is 6.42 Å². The molecule has 0 radical (unpaired) electrons. The van der Waals surface area contributed by atoms with Gasteiger partial charge in [0.1, 0.15) is 0 Å². The second-order valence-corrected chi connectivity index (χ2v) is 3.61. The van der Waals surface area contributed by atoms with E-state index in [9.17, 15) is 0 Å². The number of hydrogen-bond acceptors (Lipinski definition) is 1. The smallest absolute Gasteiger partial charge is 0.0152 e. The molecule has 0 bridgehead atoms. The normalized spacial score (nSPS) is 11.8. The molecule has 0 spiro atoms. The van der Waals surface area contributed by atoms with Crippen LogP contribution in [0.1, 0.15) is 19.4 Å². The molecule has 0 N–H and O–H groups in total. The van der Waals surface area contributed by atoms with Gasteiger partial charge in [0.15, 0.2) is 0 Å². The van der Waals surface area contributed by atoms with Crippen LogP contribution in [0, 0.1) is 0 Å². The fourth-order valence-electron chi connectivity index (χ4n) is 1.47. The Hall–Kier alpha value is -1.76. The summed E-state index contributed by atoms with van der Waals surface area (Å²) in [6.45, 7) is 7.88. The van der Waals surface area contributed by atoms with Crippen molar-refractivity contribution in [3.8, 4) is 0 Å². The van der Waals surface area contributed by atoms with Crippen molar-refractivity contribution < 1.29 is 0 Å². The molecular formula is C15H19N. The highest BCUT2D eigenvalue weighted by molar-refractivity contribution is 5.19. The maximum atomic E-state index is 3.79. The second kappa shape index (κ2) is 6.67. The third-order valence-electron chi connectivity index (χ3n) is 2.39. The van der Waals surface area contributed by atoms with Crippen LogP contribution in [-0.4, -0.2) is 4.90 Å². The minimum absolute atomic E-state index is 0.953. The van der Waals surface area contributed by atoms with Gasteiger partial charge in [-0.2, -0.15) is 0 Å². The van der Waals surface area contributed by atoms with Crippen molar-refractivity contribution >= 4 is 0 Å². The first-order valence-electron chi connectivity index (χ1n) is 5.52. The number of allylic oxidation sites excluding steroid dienone is 3. The van der Waals surface area contributed by atoms with E-state index in [-0.39, 0.29) is 0 Å². The zero-order chi connectivity index (χ0) is 11.8. The maximum absolute atomic E-state index is 3.79. The Labute approximate surface area is 98.4 Å². The van der Waals surface area contributed by atoms with Crippen molar-refractivity contribution in [1.29, 1.82) is 0 Å². The monoisotopic (exact) mass is 213 g/mol. The highest BCUT2D eigenvalue weighted by atomic mass is 15.1. The molecule has 0 aliphatic carbocycles. The van der Waals surface area contributed by atoms with Crippen LogP contribution in [0.5, 0.6) is 0 Å². The third-order valence-corrected chi connectivity index (χ3v) is 2.39. The first kappa shape index (κ1) is 12.3. The molecule has 0 atom stereocenters. The first-order valence-corrected chi connectivity index (χ1v) is 5.52. The van der Waals surface area contributed by atoms with Crippen LogP contribution >= 0.6 is 0 Å². The van der Waals surface area contributed by atoms with E-state index >= 15 is 0 Å². The van der Waals surface area contributed by atoms with Crippen LogP contribution in [0.25, 0.3) is 0 Å². The summed E-state index contributed by atoms with van der Waals surface area (Å²) in [6, 6.07) is 10.4. The Kier molecular flexibility index (Phi) is 5.13. The summed E-state index contributed by atoms with van der Waals surface area (Å²) >= 11 is 0. The van der Waals surface area contributed by atoms with E-state index in [1.54, 1.807) is 0 Å². The van der Waals surface area contributed by atoms with Gasteiger partial charge in [-0.05, 0) is 25.8 Å². The van der Waals surface area contributed by atoms with Crippen molar-refractivity contribution in [2.75, 3.05) is 0 Å². The van der Waals surface area contributed by atoms with Gasteiger partial charge < -0.3 is 4.90 Å². The van der Waals surface area contributed by atoms with Gasteiger partial charge in [-0.25, -0.2) is 0 Å². The molecule has 0 aliphatic rings. The van der Waals surface area contributed by atoms with Gasteiger partial charge in [0.2, 0.25) is 0 Å². The van der Waals surface area contributed by atoms with E-state index in [0.717, 1.165) is 6.42 Å². The Bertz CT molecular complexity index is 374. The lowest BCUT2D eigenvalue weighted by Gasteiger charge is -2.15. The molecule has 16 heavy (non-hydrogen) atoms. The molecule has 0 amide bonds. The summed E-state index contributed by atoms with van der Waals surface area (Å²) < 4.78 is 0. The Morgan fingerprint density at radius 2 is 2.00 bits per heavy atom. The molecule has 0 heterocycles. The predicted molar refractivity (Wildman–Crippen MR) is 70.8 cm³/mol. The van der Waals surface area contributed by atoms with E-state index in [1.165, 1.54) is 11.3 Å². The molecule has 0 aromatic heterocycles. The van der Waals surface area contributed by atoms with Crippen LogP contribution < -0.4 is 0 Å². The zero-order valence-electron chi connectivity index (χ0n) is 10.1. The van der Waals surface area contributed by atoms with Crippen molar-refractivity contribution in [1.82, 2.24) is 4.90 Å². The van der Waals surface area contributed by atoms with Gasteiger partial charge in [-0.3, -0.25) is 0 Å². The highest BCUT2D eigenvalue weighted by Crippen LogP contribution is 2.08. The minimum Gasteiger partial charge on any atom is -0.329 e. The lowest BCUT2D eigenvalue weighted by Crippen LogP contribution is -2.05. The molecule has 1 heteroatoms. The number of benzene rings is 1. The van der Waals surface area contributed by atoms with Gasteiger partial charge >= 0.3 is 0 Å². The lowest BCUT2D eigenvalue weighted by atomic mass is 10.1. The first-order chi connectivity index (χ1) is 7.77. The fourth-order valence-corrected chi connectivity index (χ4v) is 1.47.